The minimum absolute atomic E-state index is 0.653. The van der Waals surface area contributed by atoms with Crippen LogP contribution in [0.1, 0.15) is 24.4 Å². The van der Waals surface area contributed by atoms with E-state index in [0.29, 0.717) is 6.04 Å². The Labute approximate surface area is 79.2 Å². The third kappa shape index (κ3) is 1.11. The molecule has 0 bridgehead atoms. The van der Waals surface area contributed by atoms with Crippen LogP contribution >= 0.6 is 0 Å². The second-order valence-corrected chi connectivity index (χ2v) is 4.30. The molecule has 1 aromatic carbocycles. The molecule has 3 rings (SSSR count). The van der Waals surface area contributed by atoms with E-state index < -0.39 is 0 Å². The summed E-state index contributed by atoms with van der Waals surface area (Å²) in [6.45, 7) is 1.24. The Morgan fingerprint density at radius 3 is 2.54 bits per heavy atom. The number of benzene rings is 1. The Morgan fingerprint density at radius 2 is 1.92 bits per heavy atom. The summed E-state index contributed by atoms with van der Waals surface area (Å²) in [5.74, 6) is 1.91. The molecule has 1 saturated heterocycles. The summed E-state index contributed by atoms with van der Waals surface area (Å²) < 4.78 is 0. The van der Waals surface area contributed by atoms with E-state index >= 15 is 0 Å². The van der Waals surface area contributed by atoms with Gasteiger partial charge in [0.1, 0.15) is 0 Å². The van der Waals surface area contributed by atoms with Crippen LogP contribution in [-0.4, -0.2) is 6.54 Å². The van der Waals surface area contributed by atoms with Crippen molar-refractivity contribution >= 4 is 0 Å². The molecule has 3 unspecified atom stereocenters. The van der Waals surface area contributed by atoms with Crippen molar-refractivity contribution in [2.24, 2.45) is 11.8 Å². The van der Waals surface area contributed by atoms with Gasteiger partial charge in [-0.3, -0.25) is 0 Å². The van der Waals surface area contributed by atoms with E-state index in [9.17, 15) is 0 Å². The molecule has 1 heterocycles. The van der Waals surface area contributed by atoms with E-state index in [4.69, 9.17) is 0 Å². The first-order valence-corrected chi connectivity index (χ1v) is 5.23. The van der Waals surface area contributed by atoms with Crippen molar-refractivity contribution in [1.29, 1.82) is 0 Å². The molecule has 3 atom stereocenters. The molecular formula is C12H15N. The number of nitrogens with one attached hydrogen (secondary N) is 1. The molecule has 1 aliphatic carbocycles. The zero-order valence-electron chi connectivity index (χ0n) is 7.74. The van der Waals surface area contributed by atoms with Crippen LogP contribution in [0.4, 0.5) is 0 Å². The summed E-state index contributed by atoms with van der Waals surface area (Å²) in [6.07, 6.45) is 2.87. The lowest BCUT2D eigenvalue weighted by Gasteiger charge is -2.33. The van der Waals surface area contributed by atoms with E-state index in [1.54, 1.807) is 0 Å². The van der Waals surface area contributed by atoms with Crippen molar-refractivity contribution in [2.75, 3.05) is 6.54 Å². The summed E-state index contributed by atoms with van der Waals surface area (Å²) in [5, 5.41) is 3.63. The Balaban J connectivity index is 1.86. The molecule has 1 N–H and O–H groups in total. The van der Waals surface area contributed by atoms with Gasteiger partial charge in [0.05, 0.1) is 0 Å². The lowest BCUT2D eigenvalue weighted by Crippen LogP contribution is -2.25. The van der Waals surface area contributed by atoms with Gasteiger partial charge in [0.15, 0.2) is 0 Å². The van der Waals surface area contributed by atoms with Crippen molar-refractivity contribution in [1.82, 2.24) is 5.32 Å². The molecule has 0 spiro atoms. The van der Waals surface area contributed by atoms with E-state index in [1.807, 2.05) is 0 Å². The number of rotatable bonds is 1. The van der Waals surface area contributed by atoms with Crippen LogP contribution in [0, 0.1) is 11.8 Å². The summed E-state index contributed by atoms with van der Waals surface area (Å²) in [7, 11) is 0. The fourth-order valence-corrected chi connectivity index (χ4v) is 2.74. The Hall–Kier alpha value is -0.820. The number of hydrogen-bond acceptors (Lipinski definition) is 1. The predicted molar refractivity (Wildman–Crippen MR) is 53.4 cm³/mol. The SMILES string of the molecule is c1ccc(C2NCC3CCC32)cc1. The lowest BCUT2D eigenvalue weighted by atomic mass is 9.72. The van der Waals surface area contributed by atoms with Crippen molar-refractivity contribution in [3.8, 4) is 0 Å². The van der Waals surface area contributed by atoms with Gasteiger partial charge in [-0.2, -0.15) is 0 Å². The maximum absolute atomic E-state index is 3.63. The largest absolute Gasteiger partial charge is 0.309 e. The highest BCUT2D eigenvalue weighted by Gasteiger charge is 2.42. The highest BCUT2D eigenvalue weighted by Crippen LogP contribution is 2.46. The molecule has 68 valence electrons. The second-order valence-electron chi connectivity index (χ2n) is 4.30. The van der Waals surface area contributed by atoms with Crippen LogP contribution in [0.3, 0.4) is 0 Å². The van der Waals surface area contributed by atoms with Gasteiger partial charge in [-0.15, -0.1) is 0 Å². The van der Waals surface area contributed by atoms with E-state index in [2.05, 4.69) is 35.6 Å². The number of fused-ring (bicyclic) bond motifs is 1. The maximum atomic E-state index is 3.63. The van der Waals surface area contributed by atoms with Crippen molar-refractivity contribution in [2.45, 2.75) is 18.9 Å². The summed E-state index contributed by atoms with van der Waals surface area (Å²) in [5.41, 5.74) is 1.48. The lowest BCUT2D eigenvalue weighted by molar-refractivity contribution is 0.209. The Kier molecular flexibility index (Phi) is 1.66. The summed E-state index contributed by atoms with van der Waals surface area (Å²) in [6, 6.07) is 11.5. The van der Waals surface area contributed by atoms with Crippen LogP contribution in [0.25, 0.3) is 0 Å². The van der Waals surface area contributed by atoms with Gasteiger partial charge in [-0.25, -0.2) is 0 Å². The van der Waals surface area contributed by atoms with Crippen LogP contribution in [0.2, 0.25) is 0 Å². The van der Waals surface area contributed by atoms with Gasteiger partial charge < -0.3 is 5.32 Å². The van der Waals surface area contributed by atoms with Gasteiger partial charge in [-0.1, -0.05) is 30.3 Å². The molecule has 1 aromatic rings. The standard InChI is InChI=1S/C12H15N/c1-2-4-9(5-3-1)12-11-7-6-10(11)8-13-12/h1-5,10-13H,6-8H2. The monoisotopic (exact) mass is 173 g/mol. The Bertz CT molecular complexity index is 293. The van der Waals surface area contributed by atoms with Gasteiger partial charge >= 0.3 is 0 Å². The van der Waals surface area contributed by atoms with Gasteiger partial charge in [0, 0.05) is 6.04 Å². The van der Waals surface area contributed by atoms with Gasteiger partial charge in [0.2, 0.25) is 0 Å². The normalized spacial score (nSPS) is 36.8. The molecule has 13 heavy (non-hydrogen) atoms. The third-order valence-corrected chi connectivity index (χ3v) is 3.66. The minimum Gasteiger partial charge on any atom is -0.309 e. The first-order valence-electron chi connectivity index (χ1n) is 5.23. The fraction of sp³-hybridized carbons (Fsp3) is 0.500. The first kappa shape index (κ1) is 7.57. The van der Waals surface area contributed by atoms with Crippen LogP contribution < -0.4 is 5.32 Å². The molecule has 0 radical (unpaired) electrons. The highest BCUT2D eigenvalue weighted by molar-refractivity contribution is 5.22. The molecule has 1 heteroatoms. The van der Waals surface area contributed by atoms with Crippen molar-refractivity contribution < 1.29 is 0 Å². The second kappa shape index (κ2) is 2.85. The predicted octanol–water partition coefficient (Wildman–Crippen LogP) is 2.36. The zero-order valence-corrected chi connectivity index (χ0v) is 7.74. The third-order valence-electron chi connectivity index (χ3n) is 3.66. The molecule has 1 nitrogen and oxygen atoms in total. The minimum atomic E-state index is 0.653. The quantitative estimate of drug-likeness (QED) is 0.687. The van der Waals surface area contributed by atoms with Crippen LogP contribution in [0.15, 0.2) is 30.3 Å². The summed E-state index contributed by atoms with van der Waals surface area (Å²) in [4.78, 5) is 0. The topological polar surface area (TPSA) is 12.0 Å². The van der Waals surface area contributed by atoms with Gasteiger partial charge in [0.25, 0.3) is 0 Å². The summed E-state index contributed by atoms with van der Waals surface area (Å²) >= 11 is 0. The molecule has 2 fully saturated rings. The van der Waals surface area contributed by atoms with E-state index in [-0.39, 0.29) is 0 Å². The molecule has 1 aliphatic heterocycles. The molecule has 1 saturated carbocycles. The van der Waals surface area contributed by atoms with Crippen LogP contribution in [-0.2, 0) is 0 Å². The number of hydrogen-bond donors (Lipinski definition) is 1. The highest BCUT2D eigenvalue weighted by atomic mass is 15.0. The van der Waals surface area contributed by atoms with Crippen molar-refractivity contribution in [3.05, 3.63) is 35.9 Å². The molecule has 2 aliphatic rings. The van der Waals surface area contributed by atoms with Crippen molar-refractivity contribution in [3.63, 3.8) is 0 Å². The average Bonchev–Trinajstić information content (AvgIpc) is 2.43. The molecular weight excluding hydrogens is 158 g/mol. The maximum Gasteiger partial charge on any atom is 0.0351 e. The molecule has 0 aromatic heterocycles. The smallest absolute Gasteiger partial charge is 0.0351 e. The fourth-order valence-electron chi connectivity index (χ4n) is 2.74. The Morgan fingerprint density at radius 1 is 1.08 bits per heavy atom. The van der Waals surface area contributed by atoms with Gasteiger partial charge in [-0.05, 0) is 36.8 Å². The van der Waals surface area contributed by atoms with E-state index in [0.717, 1.165) is 11.8 Å². The zero-order chi connectivity index (χ0) is 8.67. The van der Waals surface area contributed by atoms with E-state index in [1.165, 1.54) is 24.9 Å². The molecule has 0 amide bonds. The van der Waals surface area contributed by atoms with Crippen LogP contribution in [0.5, 0.6) is 0 Å². The average molecular weight is 173 g/mol. The first-order chi connectivity index (χ1) is 6.45.